The fourth-order valence-corrected chi connectivity index (χ4v) is 3.44. The summed E-state index contributed by atoms with van der Waals surface area (Å²) in [5, 5.41) is 8.91. The quantitative estimate of drug-likeness (QED) is 0.422. The monoisotopic (exact) mass is 414 g/mol. The number of halogens is 1. The van der Waals surface area contributed by atoms with Crippen molar-refractivity contribution in [3.63, 3.8) is 0 Å². The summed E-state index contributed by atoms with van der Waals surface area (Å²) in [4.78, 5) is 17.3. The van der Waals surface area contributed by atoms with Crippen LogP contribution in [0.5, 0.6) is 0 Å². The van der Waals surface area contributed by atoms with Gasteiger partial charge in [-0.1, -0.05) is 68.1 Å². The standard InChI is InChI=1S/C21H23FN4O2S/c1-15(2)12-26-20(17-10-6-7-11-18(17)22)23-24-21(26)29-14-19(27)25-28-13-16-8-4-3-5-9-16/h3-11,15H,12-14H2,1-2H3,(H,25,27). The number of benzene rings is 2. The molecule has 0 atom stereocenters. The van der Waals surface area contributed by atoms with E-state index < -0.39 is 0 Å². The number of hydrogen-bond donors (Lipinski definition) is 1. The maximum absolute atomic E-state index is 14.2. The van der Waals surface area contributed by atoms with Crippen LogP contribution in [0.4, 0.5) is 4.39 Å². The van der Waals surface area contributed by atoms with Crippen molar-refractivity contribution < 1.29 is 14.0 Å². The Balaban J connectivity index is 1.62. The number of aromatic nitrogens is 3. The van der Waals surface area contributed by atoms with Gasteiger partial charge in [0.2, 0.25) is 0 Å². The molecule has 0 bridgehead atoms. The fraction of sp³-hybridized carbons (Fsp3) is 0.286. The summed E-state index contributed by atoms with van der Waals surface area (Å²) in [6.07, 6.45) is 0. The van der Waals surface area contributed by atoms with Gasteiger partial charge in [0.15, 0.2) is 11.0 Å². The number of nitrogens with zero attached hydrogens (tertiary/aromatic N) is 3. The number of hydroxylamine groups is 1. The van der Waals surface area contributed by atoms with E-state index in [1.165, 1.54) is 17.8 Å². The molecule has 29 heavy (non-hydrogen) atoms. The van der Waals surface area contributed by atoms with Crippen molar-refractivity contribution in [1.29, 1.82) is 0 Å². The summed E-state index contributed by atoms with van der Waals surface area (Å²) in [5.41, 5.74) is 3.79. The summed E-state index contributed by atoms with van der Waals surface area (Å²) in [6.45, 7) is 5.02. The average molecular weight is 415 g/mol. The van der Waals surface area contributed by atoms with E-state index in [4.69, 9.17) is 4.84 Å². The Kier molecular flexibility index (Phi) is 7.37. The zero-order chi connectivity index (χ0) is 20.6. The first-order valence-corrected chi connectivity index (χ1v) is 10.3. The van der Waals surface area contributed by atoms with Crippen LogP contribution in [0.15, 0.2) is 59.8 Å². The van der Waals surface area contributed by atoms with Gasteiger partial charge in [0, 0.05) is 6.54 Å². The van der Waals surface area contributed by atoms with Gasteiger partial charge in [-0.3, -0.25) is 9.63 Å². The smallest absolute Gasteiger partial charge is 0.254 e. The summed E-state index contributed by atoms with van der Waals surface area (Å²) >= 11 is 1.24. The lowest BCUT2D eigenvalue weighted by atomic mass is 10.2. The van der Waals surface area contributed by atoms with Crippen molar-refractivity contribution >= 4 is 17.7 Å². The SMILES string of the molecule is CC(C)Cn1c(SCC(=O)NOCc2ccccc2)nnc1-c1ccccc1F. The predicted molar refractivity (Wildman–Crippen MR) is 110 cm³/mol. The zero-order valence-electron chi connectivity index (χ0n) is 16.3. The fourth-order valence-electron chi connectivity index (χ4n) is 2.70. The van der Waals surface area contributed by atoms with E-state index >= 15 is 0 Å². The summed E-state index contributed by atoms with van der Waals surface area (Å²) in [7, 11) is 0. The molecular formula is C21H23FN4O2S. The third kappa shape index (κ3) is 5.88. The van der Waals surface area contributed by atoms with Gasteiger partial charge >= 0.3 is 0 Å². The van der Waals surface area contributed by atoms with Crippen LogP contribution in [0.2, 0.25) is 0 Å². The number of carbonyl (C=O) groups is 1. The Morgan fingerprint density at radius 1 is 1.14 bits per heavy atom. The number of hydrogen-bond acceptors (Lipinski definition) is 5. The van der Waals surface area contributed by atoms with Gasteiger partial charge in [0.1, 0.15) is 5.82 Å². The molecule has 6 nitrogen and oxygen atoms in total. The first kappa shape index (κ1) is 21.0. The van der Waals surface area contributed by atoms with E-state index in [9.17, 15) is 9.18 Å². The van der Waals surface area contributed by atoms with Crippen LogP contribution in [-0.4, -0.2) is 26.4 Å². The average Bonchev–Trinajstić information content (AvgIpc) is 3.09. The van der Waals surface area contributed by atoms with Gasteiger partial charge in [-0.2, -0.15) is 0 Å². The molecular weight excluding hydrogens is 391 g/mol. The second-order valence-electron chi connectivity index (χ2n) is 6.88. The van der Waals surface area contributed by atoms with Gasteiger partial charge in [-0.05, 0) is 23.6 Å². The van der Waals surface area contributed by atoms with Crippen LogP contribution >= 0.6 is 11.8 Å². The van der Waals surface area contributed by atoms with E-state index in [0.717, 1.165) is 5.56 Å². The second-order valence-corrected chi connectivity index (χ2v) is 7.82. The maximum Gasteiger partial charge on any atom is 0.254 e. The van der Waals surface area contributed by atoms with Crippen LogP contribution in [0.3, 0.4) is 0 Å². The normalized spacial score (nSPS) is 11.0. The summed E-state index contributed by atoms with van der Waals surface area (Å²) in [5.74, 6) is 0.243. The van der Waals surface area contributed by atoms with E-state index in [1.807, 2.05) is 34.9 Å². The minimum absolute atomic E-state index is 0.113. The van der Waals surface area contributed by atoms with Crippen LogP contribution in [0, 0.1) is 11.7 Å². The lowest BCUT2D eigenvalue weighted by Gasteiger charge is -2.13. The largest absolute Gasteiger partial charge is 0.302 e. The van der Waals surface area contributed by atoms with Crippen molar-refractivity contribution in [2.75, 3.05) is 5.75 Å². The molecule has 0 aliphatic heterocycles. The molecule has 0 saturated heterocycles. The third-order valence-electron chi connectivity index (χ3n) is 3.98. The second kappa shape index (κ2) is 10.2. The Labute approximate surface area is 173 Å². The molecule has 1 heterocycles. The van der Waals surface area contributed by atoms with Crippen molar-refractivity contribution in [2.24, 2.45) is 5.92 Å². The van der Waals surface area contributed by atoms with Crippen molar-refractivity contribution in [1.82, 2.24) is 20.2 Å². The maximum atomic E-state index is 14.2. The number of nitrogens with one attached hydrogen (secondary N) is 1. The van der Waals surface area contributed by atoms with Crippen LogP contribution in [-0.2, 0) is 22.8 Å². The highest BCUT2D eigenvalue weighted by molar-refractivity contribution is 7.99. The van der Waals surface area contributed by atoms with Gasteiger partial charge in [0.05, 0.1) is 17.9 Å². The van der Waals surface area contributed by atoms with E-state index in [-0.39, 0.29) is 24.1 Å². The van der Waals surface area contributed by atoms with E-state index in [2.05, 4.69) is 29.5 Å². The molecule has 3 rings (SSSR count). The minimum atomic E-state index is -0.353. The molecule has 152 valence electrons. The highest BCUT2D eigenvalue weighted by Gasteiger charge is 2.18. The van der Waals surface area contributed by atoms with Crippen LogP contribution in [0.1, 0.15) is 19.4 Å². The highest BCUT2D eigenvalue weighted by Crippen LogP contribution is 2.26. The van der Waals surface area contributed by atoms with Gasteiger partial charge in [-0.25, -0.2) is 9.87 Å². The Morgan fingerprint density at radius 2 is 1.86 bits per heavy atom. The molecule has 2 aromatic carbocycles. The zero-order valence-corrected chi connectivity index (χ0v) is 17.2. The van der Waals surface area contributed by atoms with Gasteiger partial charge in [-0.15, -0.1) is 10.2 Å². The Morgan fingerprint density at radius 3 is 2.59 bits per heavy atom. The number of thioether (sulfide) groups is 1. The highest BCUT2D eigenvalue weighted by atomic mass is 32.2. The lowest BCUT2D eigenvalue weighted by molar-refractivity contribution is -0.131. The molecule has 1 aromatic heterocycles. The molecule has 1 N–H and O–H groups in total. The topological polar surface area (TPSA) is 69.0 Å². The molecule has 0 aliphatic rings. The first-order valence-electron chi connectivity index (χ1n) is 9.30. The van der Waals surface area contributed by atoms with Gasteiger partial charge < -0.3 is 4.57 Å². The molecule has 0 fully saturated rings. The Bertz CT molecular complexity index is 947. The lowest BCUT2D eigenvalue weighted by Crippen LogP contribution is -2.25. The predicted octanol–water partition coefficient (Wildman–Crippen LogP) is 4.08. The summed E-state index contributed by atoms with van der Waals surface area (Å²) in [6, 6.07) is 16.0. The van der Waals surface area contributed by atoms with E-state index in [0.29, 0.717) is 29.0 Å². The molecule has 0 spiro atoms. The minimum Gasteiger partial charge on any atom is -0.302 e. The molecule has 3 aromatic rings. The molecule has 0 saturated carbocycles. The molecule has 0 aliphatic carbocycles. The van der Waals surface area contributed by atoms with E-state index in [1.54, 1.807) is 18.2 Å². The van der Waals surface area contributed by atoms with Crippen molar-refractivity contribution in [2.45, 2.75) is 32.2 Å². The summed E-state index contributed by atoms with van der Waals surface area (Å²) < 4.78 is 16.1. The third-order valence-corrected chi connectivity index (χ3v) is 4.95. The molecule has 8 heteroatoms. The molecule has 0 radical (unpaired) electrons. The molecule has 0 unspecified atom stereocenters. The number of carbonyl (C=O) groups excluding carboxylic acids is 1. The van der Waals surface area contributed by atoms with Crippen LogP contribution in [0.25, 0.3) is 11.4 Å². The first-order chi connectivity index (χ1) is 14.0. The van der Waals surface area contributed by atoms with Gasteiger partial charge in [0.25, 0.3) is 5.91 Å². The van der Waals surface area contributed by atoms with Crippen molar-refractivity contribution in [3.05, 3.63) is 66.0 Å². The van der Waals surface area contributed by atoms with Crippen LogP contribution < -0.4 is 5.48 Å². The Hall–Kier alpha value is -2.71. The number of amides is 1. The molecule has 1 amide bonds. The van der Waals surface area contributed by atoms with Crippen molar-refractivity contribution in [3.8, 4) is 11.4 Å². The number of rotatable bonds is 9.